The number of ketones is 1. The second-order valence-corrected chi connectivity index (χ2v) is 3.92. The van der Waals surface area contributed by atoms with E-state index in [-0.39, 0.29) is 5.88 Å². The molecule has 0 aliphatic heterocycles. The zero-order valence-electron chi connectivity index (χ0n) is 10.5. The lowest BCUT2D eigenvalue weighted by molar-refractivity contribution is 0.0960. The fraction of sp³-hybridized carbons (Fsp3) is 0.154. The van der Waals surface area contributed by atoms with E-state index in [0.29, 0.717) is 0 Å². The number of Topliss-reactive ketones (excluding diaryl/α,β-unsaturated/α-hetero) is 1. The molecule has 5 nitrogen and oxygen atoms in total. The monoisotopic (exact) mass is 280 g/mol. The van der Waals surface area contributed by atoms with Gasteiger partial charge in [0.25, 0.3) is 5.56 Å². The largest absolute Gasteiger partial charge is 0.480 e. The van der Waals surface area contributed by atoms with Crippen LogP contribution < -0.4 is 10.3 Å². The molecule has 2 aromatic rings. The van der Waals surface area contributed by atoms with Gasteiger partial charge in [0, 0.05) is 12.1 Å². The van der Waals surface area contributed by atoms with Gasteiger partial charge in [-0.05, 0) is 18.2 Å². The molecule has 0 saturated carbocycles. The Morgan fingerprint density at radius 3 is 2.75 bits per heavy atom. The van der Waals surface area contributed by atoms with Crippen LogP contribution in [0.4, 0.5) is 8.78 Å². The fourth-order valence-corrected chi connectivity index (χ4v) is 1.58. The van der Waals surface area contributed by atoms with Crippen molar-refractivity contribution in [1.29, 1.82) is 0 Å². The van der Waals surface area contributed by atoms with Crippen molar-refractivity contribution < 1.29 is 18.3 Å². The van der Waals surface area contributed by atoms with E-state index in [0.717, 1.165) is 22.9 Å². The summed E-state index contributed by atoms with van der Waals surface area (Å²) in [6, 6.07) is 5.04. The summed E-state index contributed by atoms with van der Waals surface area (Å²) in [5.41, 5.74) is -0.975. The maximum absolute atomic E-state index is 13.4. The highest BCUT2D eigenvalue weighted by Crippen LogP contribution is 2.11. The van der Waals surface area contributed by atoms with Crippen LogP contribution in [0.5, 0.6) is 5.88 Å². The highest BCUT2D eigenvalue weighted by Gasteiger charge is 2.15. The van der Waals surface area contributed by atoms with E-state index < -0.39 is 35.1 Å². The highest BCUT2D eigenvalue weighted by atomic mass is 19.1. The molecule has 20 heavy (non-hydrogen) atoms. The van der Waals surface area contributed by atoms with Crippen LogP contribution in [0.25, 0.3) is 0 Å². The van der Waals surface area contributed by atoms with E-state index in [2.05, 4.69) is 5.10 Å². The van der Waals surface area contributed by atoms with E-state index in [1.165, 1.54) is 19.2 Å². The molecular weight excluding hydrogens is 270 g/mol. The Bertz CT molecular complexity index is 713. The first-order chi connectivity index (χ1) is 9.51. The Balaban J connectivity index is 2.32. The molecule has 0 bridgehead atoms. The number of ether oxygens (including phenoxy) is 1. The van der Waals surface area contributed by atoms with Crippen LogP contribution in [0.2, 0.25) is 0 Å². The predicted molar refractivity (Wildman–Crippen MR) is 65.7 cm³/mol. The molecule has 1 heterocycles. The van der Waals surface area contributed by atoms with Crippen molar-refractivity contribution in [2.24, 2.45) is 0 Å². The standard InChI is InChI=1S/C13H10F2N2O3/c1-20-12-4-5-13(19)17(16-12)7-11(18)9-6-8(14)2-3-10(9)15/h2-6H,7H2,1H3. The first kappa shape index (κ1) is 13.9. The normalized spacial score (nSPS) is 10.3. The van der Waals surface area contributed by atoms with Crippen LogP contribution in [-0.4, -0.2) is 22.7 Å². The van der Waals surface area contributed by atoms with Gasteiger partial charge in [-0.3, -0.25) is 9.59 Å². The number of hydrogen-bond acceptors (Lipinski definition) is 4. The number of nitrogens with zero attached hydrogens (tertiary/aromatic N) is 2. The summed E-state index contributed by atoms with van der Waals surface area (Å²) in [7, 11) is 1.35. The molecule has 1 aromatic heterocycles. The molecule has 0 saturated heterocycles. The minimum atomic E-state index is -0.854. The fourth-order valence-electron chi connectivity index (χ4n) is 1.58. The van der Waals surface area contributed by atoms with Crippen molar-refractivity contribution in [2.45, 2.75) is 6.54 Å². The van der Waals surface area contributed by atoms with Crippen molar-refractivity contribution in [3.05, 3.63) is 57.9 Å². The third-order valence-corrected chi connectivity index (χ3v) is 2.57. The van der Waals surface area contributed by atoms with Gasteiger partial charge in [-0.2, -0.15) is 0 Å². The predicted octanol–water partition coefficient (Wildman–Crippen LogP) is 1.41. The topological polar surface area (TPSA) is 61.2 Å². The molecule has 0 aliphatic rings. The lowest BCUT2D eigenvalue weighted by Gasteiger charge is -2.06. The number of carbonyl (C=O) groups excluding carboxylic acids is 1. The SMILES string of the molecule is COc1ccc(=O)n(CC(=O)c2cc(F)ccc2F)n1. The molecule has 2 rings (SSSR count). The average Bonchev–Trinajstić information content (AvgIpc) is 2.43. The number of rotatable bonds is 4. The summed E-state index contributed by atoms with van der Waals surface area (Å²) in [6.45, 7) is -0.504. The molecule has 0 fully saturated rings. The Kier molecular flexibility index (Phi) is 3.88. The highest BCUT2D eigenvalue weighted by molar-refractivity contribution is 5.96. The summed E-state index contributed by atoms with van der Waals surface area (Å²) in [4.78, 5) is 23.4. The first-order valence-corrected chi connectivity index (χ1v) is 5.61. The maximum atomic E-state index is 13.4. The number of carbonyl (C=O) groups is 1. The van der Waals surface area contributed by atoms with E-state index in [9.17, 15) is 18.4 Å². The Morgan fingerprint density at radius 2 is 2.05 bits per heavy atom. The van der Waals surface area contributed by atoms with E-state index in [4.69, 9.17) is 4.74 Å². The molecule has 0 N–H and O–H groups in total. The first-order valence-electron chi connectivity index (χ1n) is 5.61. The van der Waals surface area contributed by atoms with Gasteiger partial charge in [0.15, 0.2) is 5.78 Å². The number of aromatic nitrogens is 2. The smallest absolute Gasteiger partial charge is 0.267 e. The van der Waals surface area contributed by atoms with Crippen molar-refractivity contribution in [3.8, 4) is 5.88 Å². The van der Waals surface area contributed by atoms with Crippen LogP contribution in [-0.2, 0) is 6.54 Å². The van der Waals surface area contributed by atoms with Crippen molar-refractivity contribution >= 4 is 5.78 Å². The number of benzene rings is 1. The minimum absolute atomic E-state index is 0.136. The number of methoxy groups -OCH3 is 1. The quantitative estimate of drug-likeness (QED) is 0.794. The number of halogens is 2. The van der Waals surface area contributed by atoms with Gasteiger partial charge in [0.1, 0.15) is 18.2 Å². The van der Waals surface area contributed by atoms with Crippen LogP contribution >= 0.6 is 0 Å². The van der Waals surface area contributed by atoms with Gasteiger partial charge < -0.3 is 4.74 Å². The van der Waals surface area contributed by atoms with Gasteiger partial charge in [-0.1, -0.05) is 0 Å². The molecule has 0 aliphatic carbocycles. The lowest BCUT2D eigenvalue weighted by Crippen LogP contribution is -2.26. The molecule has 0 radical (unpaired) electrons. The minimum Gasteiger partial charge on any atom is -0.480 e. The van der Waals surface area contributed by atoms with Crippen LogP contribution in [0.1, 0.15) is 10.4 Å². The van der Waals surface area contributed by atoms with Crippen LogP contribution in [0.15, 0.2) is 35.1 Å². The average molecular weight is 280 g/mol. The second kappa shape index (κ2) is 5.60. The second-order valence-electron chi connectivity index (χ2n) is 3.92. The maximum Gasteiger partial charge on any atom is 0.267 e. The zero-order valence-corrected chi connectivity index (χ0v) is 10.5. The zero-order chi connectivity index (χ0) is 14.7. The third-order valence-electron chi connectivity index (χ3n) is 2.57. The van der Waals surface area contributed by atoms with E-state index in [1.54, 1.807) is 0 Å². The Labute approximate surface area is 112 Å². The van der Waals surface area contributed by atoms with Gasteiger partial charge in [-0.15, -0.1) is 5.10 Å². The molecule has 0 unspecified atom stereocenters. The van der Waals surface area contributed by atoms with Gasteiger partial charge in [0.2, 0.25) is 5.88 Å². The Morgan fingerprint density at radius 1 is 1.30 bits per heavy atom. The summed E-state index contributed by atoms with van der Waals surface area (Å²) in [5, 5.41) is 3.75. The van der Waals surface area contributed by atoms with Crippen molar-refractivity contribution in [2.75, 3.05) is 7.11 Å². The summed E-state index contributed by atoms with van der Waals surface area (Å²) in [5.74, 6) is -2.21. The summed E-state index contributed by atoms with van der Waals surface area (Å²) in [6.07, 6.45) is 0. The summed E-state index contributed by atoms with van der Waals surface area (Å²) >= 11 is 0. The molecule has 0 spiro atoms. The lowest BCUT2D eigenvalue weighted by atomic mass is 10.1. The third kappa shape index (κ3) is 2.87. The van der Waals surface area contributed by atoms with Crippen LogP contribution in [0.3, 0.4) is 0 Å². The molecule has 104 valence electrons. The van der Waals surface area contributed by atoms with Crippen molar-refractivity contribution in [1.82, 2.24) is 9.78 Å². The molecule has 0 atom stereocenters. The van der Waals surface area contributed by atoms with Crippen molar-refractivity contribution in [3.63, 3.8) is 0 Å². The van der Waals surface area contributed by atoms with Gasteiger partial charge >= 0.3 is 0 Å². The molecular formula is C13H10F2N2O3. The van der Waals surface area contributed by atoms with Crippen LogP contribution in [0, 0.1) is 11.6 Å². The van der Waals surface area contributed by atoms with E-state index >= 15 is 0 Å². The molecule has 7 heteroatoms. The van der Waals surface area contributed by atoms with Gasteiger partial charge in [0.05, 0.1) is 12.7 Å². The Hall–Kier alpha value is -2.57. The van der Waals surface area contributed by atoms with E-state index in [1.807, 2.05) is 0 Å². The molecule has 1 aromatic carbocycles. The number of hydrogen-bond donors (Lipinski definition) is 0. The molecule has 0 amide bonds. The summed E-state index contributed by atoms with van der Waals surface area (Å²) < 4.78 is 32.1. The van der Waals surface area contributed by atoms with Gasteiger partial charge in [-0.25, -0.2) is 13.5 Å².